The Morgan fingerprint density at radius 3 is 1.66 bits per heavy atom. The molecule has 4 fully saturated rings. The lowest BCUT2D eigenvalue weighted by atomic mass is 9.99. The molecule has 458 valence electrons. The van der Waals surface area contributed by atoms with Crippen LogP contribution in [0, 0.1) is 5.92 Å². The lowest BCUT2D eigenvalue weighted by molar-refractivity contribution is 0.0615. The summed E-state index contributed by atoms with van der Waals surface area (Å²) in [7, 11) is 0. The first kappa shape index (κ1) is 56.8. The third kappa shape index (κ3) is 10.4. The number of nitrogens with zero attached hydrogens (tertiary/aromatic N) is 12. The van der Waals surface area contributed by atoms with Crippen molar-refractivity contribution < 1.29 is 24.6 Å². The Labute approximate surface area is 534 Å². The van der Waals surface area contributed by atoms with Crippen molar-refractivity contribution in [1.29, 1.82) is 0 Å². The summed E-state index contributed by atoms with van der Waals surface area (Å²) >= 11 is 0. The lowest BCUT2D eigenvalue weighted by Crippen LogP contribution is -2.48. The van der Waals surface area contributed by atoms with E-state index < -0.39 is 0 Å². The van der Waals surface area contributed by atoms with Crippen molar-refractivity contribution in [3.63, 3.8) is 0 Å². The highest BCUT2D eigenvalue weighted by Gasteiger charge is 2.45. The van der Waals surface area contributed by atoms with Gasteiger partial charge >= 0.3 is 0 Å². The molecule has 93 heavy (non-hydrogen) atoms. The first-order valence-electron chi connectivity index (χ1n) is 31.2. The first-order chi connectivity index (χ1) is 45.5. The van der Waals surface area contributed by atoms with Crippen molar-refractivity contribution in [3.05, 3.63) is 222 Å². The molecule has 4 saturated heterocycles. The van der Waals surface area contributed by atoms with Crippen LogP contribution in [-0.2, 0) is 13.1 Å². The van der Waals surface area contributed by atoms with Crippen LogP contribution in [-0.4, -0.2) is 133 Å². The fraction of sp³-hybridized carbons (Fsp3) is 0.176. The number of imidazole rings is 2. The summed E-state index contributed by atoms with van der Waals surface area (Å²) in [5.41, 5.74) is 28.4. The van der Waals surface area contributed by atoms with E-state index >= 15 is 0 Å². The van der Waals surface area contributed by atoms with Crippen LogP contribution < -0.4 is 16.4 Å². The topological polar surface area (TPSA) is 244 Å². The molecule has 16 rings (SSSR count). The molecule has 0 saturated carbocycles. The Balaban J connectivity index is 0.670. The highest BCUT2D eigenvalue weighted by atomic mass is 16.3. The summed E-state index contributed by atoms with van der Waals surface area (Å²) in [5, 5.41) is 20.7. The second-order valence-corrected chi connectivity index (χ2v) is 24.7. The molecule has 6 aromatic carbocycles. The van der Waals surface area contributed by atoms with E-state index in [0.717, 1.165) is 96.3 Å². The van der Waals surface area contributed by atoms with Gasteiger partial charge in [-0.2, -0.15) is 0 Å². The van der Waals surface area contributed by atoms with Crippen molar-refractivity contribution in [1.82, 2.24) is 53.7 Å². The number of nitrogens with two attached hydrogens (primary N) is 2. The van der Waals surface area contributed by atoms with Gasteiger partial charge in [-0.15, -0.1) is 0 Å². The molecule has 12 aromatic rings. The Morgan fingerprint density at radius 1 is 0.484 bits per heavy atom. The van der Waals surface area contributed by atoms with E-state index in [-0.39, 0.29) is 35.1 Å². The maximum atomic E-state index is 13.5. The lowest BCUT2D eigenvalue weighted by Gasteiger charge is -2.34. The number of anilines is 3. The minimum absolute atomic E-state index is 0.00997. The van der Waals surface area contributed by atoms with Gasteiger partial charge in [0.05, 0.1) is 39.3 Å². The molecule has 0 spiro atoms. The number of piperidine rings is 1. The Morgan fingerprint density at radius 2 is 1.05 bits per heavy atom. The van der Waals surface area contributed by atoms with Crippen LogP contribution in [0.1, 0.15) is 55.0 Å². The van der Waals surface area contributed by atoms with E-state index in [4.69, 9.17) is 36.4 Å². The number of nitrogen functional groups attached to an aromatic ring is 2. The van der Waals surface area contributed by atoms with Gasteiger partial charge in [-0.1, -0.05) is 72.8 Å². The van der Waals surface area contributed by atoms with Crippen LogP contribution in [0.4, 0.5) is 17.3 Å². The van der Waals surface area contributed by atoms with Crippen molar-refractivity contribution >= 4 is 58.1 Å². The maximum absolute atomic E-state index is 13.5. The largest absolute Gasteiger partial charge is 0.507 e. The van der Waals surface area contributed by atoms with Crippen LogP contribution in [0.5, 0.6) is 11.5 Å². The molecule has 4 aliphatic rings. The number of hydrogen-bond acceptors (Lipinski definition) is 16. The van der Waals surface area contributed by atoms with Gasteiger partial charge < -0.3 is 31.5 Å². The summed E-state index contributed by atoms with van der Waals surface area (Å²) in [6.07, 6.45) is 4.91. The second-order valence-electron chi connectivity index (χ2n) is 24.7. The normalized spacial score (nSPS) is 17.8. The number of benzene rings is 6. The minimum Gasteiger partial charge on any atom is -0.507 e. The Hall–Kier alpha value is -11.4. The van der Waals surface area contributed by atoms with Gasteiger partial charge in [-0.3, -0.25) is 33.3 Å². The average molecular weight is 1230 g/mol. The molecule has 6 N–H and O–H groups in total. The van der Waals surface area contributed by atoms with Gasteiger partial charge in [-0.25, -0.2) is 29.9 Å². The number of amides is 1. The molecule has 10 heterocycles. The predicted octanol–water partition coefficient (Wildman–Crippen LogP) is 11.3. The van der Waals surface area contributed by atoms with E-state index in [1.54, 1.807) is 24.4 Å². The van der Waals surface area contributed by atoms with Crippen molar-refractivity contribution in [2.24, 2.45) is 5.92 Å². The fourth-order valence-electron chi connectivity index (χ4n) is 14.4. The molecular formula is C74H62N14O5. The molecule has 1 amide bonds. The van der Waals surface area contributed by atoms with Crippen molar-refractivity contribution in [3.8, 4) is 79.4 Å². The summed E-state index contributed by atoms with van der Waals surface area (Å²) in [6, 6.07) is 61.3. The maximum Gasteiger partial charge on any atom is 0.254 e. The zero-order valence-electron chi connectivity index (χ0n) is 50.4. The van der Waals surface area contributed by atoms with Gasteiger partial charge in [0.25, 0.3) is 5.91 Å². The van der Waals surface area contributed by atoms with Crippen molar-refractivity contribution in [2.75, 3.05) is 49.1 Å². The number of pyridine rings is 4. The fourth-order valence-corrected chi connectivity index (χ4v) is 14.4. The highest BCUT2D eigenvalue weighted by molar-refractivity contribution is 5.96. The number of aromatic hydroxyl groups is 2. The molecule has 19 heteroatoms. The molecule has 19 nitrogen and oxygen atoms in total. The number of phenolic OH excluding ortho intramolecular Hbond substituents is 2. The van der Waals surface area contributed by atoms with E-state index in [0.29, 0.717) is 111 Å². The van der Waals surface area contributed by atoms with E-state index in [1.165, 1.54) is 17.7 Å². The number of piperazine rings is 1. The summed E-state index contributed by atoms with van der Waals surface area (Å²) in [6.45, 7) is 5.52. The number of carbonyl (C=O) groups excluding carboxylic acids is 3. The van der Waals surface area contributed by atoms with Gasteiger partial charge in [0, 0.05) is 116 Å². The zero-order valence-corrected chi connectivity index (χ0v) is 50.4. The van der Waals surface area contributed by atoms with Crippen LogP contribution >= 0.6 is 0 Å². The molecule has 4 bridgehead atoms. The van der Waals surface area contributed by atoms with E-state index in [1.807, 2.05) is 100 Å². The number of hydrogen-bond donors (Lipinski definition) is 4. The smallest absolute Gasteiger partial charge is 0.254 e. The molecule has 4 aliphatic heterocycles. The third-order valence-electron chi connectivity index (χ3n) is 19.0. The zero-order chi connectivity index (χ0) is 63.0. The number of phenols is 2. The molecular weight excluding hydrogens is 1160 g/mol. The van der Waals surface area contributed by atoms with E-state index in [9.17, 15) is 24.6 Å². The van der Waals surface area contributed by atoms with Gasteiger partial charge in [0.15, 0.2) is 35.5 Å². The van der Waals surface area contributed by atoms with Crippen LogP contribution in [0.25, 0.3) is 90.3 Å². The first-order valence-corrected chi connectivity index (χ1v) is 31.2. The Kier molecular flexibility index (Phi) is 14.1. The molecule has 2 unspecified atom stereocenters. The van der Waals surface area contributed by atoms with Gasteiger partial charge in [0.1, 0.15) is 34.2 Å². The van der Waals surface area contributed by atoms with Crippen LogP contribution in [0.15, 0.2) is 194 Å². The predicted molar refractivity (Wildman–Crippen MR) is 358 cm³/mol. The van der Waals surface area contributed by atoms with E-state index in [2.05, 4.69) is 91.0 Å². The summed E-state index contributed by atoms with van der Waals surface area (Å²) in [4.78, 5) is 75.8. The number of carbonyl (C=O) groups is 3. The molecule has 0 radical (unpaired) electrons. The second kappa shape index (κ2) is 23.1. The van der Waals surface area contributed by atoms with Crippen LogP contribution in [0.3, 0.4) is 0 Å². The molecule has 6 aromatic heterocycles. The quantitative estimate of drug-likeness (QED) is 0.0697. The number of aromatic nitrogens is 8. The third-order valence-corrected chi connectivity index (χ3v) is 19.0. The number of fused-ring (bicyclic) bond motifs is 6. The number of likely N-dealkylation sites (tertiary alicyclic amines) is 3. The van der Waals surface area contributed by atoms with Crippen LogP contribution in [0.2, 0.25) is 0 Å². The molecule has 4 atom stereocenters. The minimum atomic E-state index is -0.195. The number of rotatable bonds is 15. The van der Waals surface area contributed by atoms with Gasteiger partial charge in [-0.05, 0) is 139 Å². The highest BCUT2D eigenvalue weighted by Crippen LogP contribution is 2.40. The SMILES string of the molecule is Nc1ncccc1-c1nc2ccc(-c3cccc(-c4ccc(-c5nc6ccc(-c7ccccc7)nc6n5-c5ccc(CN6CC7C[C@H]6CN(c6ccc(C=O)c(O)c6)C7)cc5)c(N)n4)c3)nc2n1-c1ccc(CN2C[C@@H]3CC2CN3C(=O)c2ccc(C=O)c(O)c2)cc1. The standard InChI is InChI=1S/C74H62N14O5/c75-68-59(10-5-29-77-68)70-81-65-28-26-63(80-73(65)87(70)53-20-13-45(14-21-53)36-85-40-58-33-57(85)41-86(58)74(93)50-15-16-51(42-89)66(91)32-50)49-9-4-8-48(31-49)62-24-23-60(69(76)78-62)71-82-64-27-25-61(47-6-2-1-3-7-47)79-72(64)88(71)54-18-11-44(12-19-54)35-83-37-46-30-56(83)39-84(38-46)55-22-17-52(43-90)67(92)34-55/h1-29,31-32,34,42-43,46,56-58,91-92H,30,33,35-41H2,(H2,75,77)(H2,76,78)/t46?,56-,57?,58-/m0/s1. The molecule has 0 aliphatic carbocycles. The van der Waals surface area contributed by atoms with Crippen molar-refractivity contribution in [2.45, 2.75) is 44.1 Å². The number of aldehydes is 2. The summed E-state index contributed by atoms with van der Waals surface area (Å²) in [5.74, 6) is 2.04. The van der Waals surface area contributed by atoms with Gasteiger partial charge in [0.2, 0.25) is 0 Å². The summed E-state index contributed by atoms with van der Waals surface area (Å²) < 4.78 is 4.11. The monoisotopic (exact) mass is 1230 g/mol. The Bertz CT molecular complexity index is 4940. The average Bonchev–Trinajstić information content (AvgIpc) is 1.65.